The third-order valence-electron chi connectivity index (χ3n) is 5.48. The molecule has 2 heterocycles. The molecule has 0 aliphatic carbocycles. The van der Waals surface area contributed by atoms with Crippen molar-refractivity contribution < 1.29 is 28.2 Å². The van der Waals surface area contributed by atoms with Gasteiger partial charge in [-0.05, 0) is 36.2 Å². The van der Waals surface area contributed by atoms with E-state index in [0.29, 0.717) is 40.3 Å². The molecular formula is C24H21ClFNO5. The van der Waals surface area contributed by atoms with Crippen molar-refractivity contribution in [3.8, 4) is 5.75 Å². The molecule has 0 saturated heterocycles. The van der Waals surface area contributed by atoms with Crippen LogP contribution < -0.4 is 4.74 Å². The number of hydrogen-bond donors (Lipinski definition) is 1. The van der Waals surface area contributed by atoms with Crippen molar-refractivity contribution in [3.63, 3.8) is 0 Å². The number of fused-ring (bicyclic) bond motifs is 1. The first-order valence-corrected chi connectivity index (χ1v) is 10.5. The number of Topliss-reactive ketones (excluding diaryl/α,β-unsaturated/α-hetero) is 1. The molecule has 1 unspecified atom stereocenters. The van der Waals surface area contributed by atoms with E-state index in [9.17, 15) is 19.1 Å². The fourth-order valence-electron chi connectivity index (χ4n) is 3.92. The van der Waals surface area contributed by atoms with E-state index in [-0.39, 0.29) is 11.3 Å². The monoisotopic (exact) mass is 457 g/mol. The Morgan fingerprint density at radius 2 is 1.97 bits per heavy atom. The number of amides is 1. The maximum absolute atomic E-state index is 13.5. The van der Waals surface area contributed by atoms with E-state index >= 15 is 0 Å². The number of carbonyl (C=O) groups is 2. The first-order valence-electron chi connectivity index (χ1n) is 10.2. The van der Waals surface area contributed by atoms with Crippen molar-refractivity contribution in [2.75, 3.05) is 13.7 Å². The molecule has 1 aliphatic heterocycles. The van der Waals surface area contributed by atoms with Crippen LogP contribution in [0.4, 0.5) is 4.39 Å². The molecule has 0 spiro atoms. The number of methoxy groups -OCH3 is 1. The van der Waals surface area contributed by atoms with E-state index in [2.05, 4.69) is 0 Å². The van der Waals surface area contributed by atoms with Crippen LogP contribution in [0.15, 0.2) is 58.2 Å². The third kappa shape index (κ3) is 3.73. The average molecular weight is 458 g/mol. The zero-order chi connectivity index (χ0) is 23.0. The highest BCUT2D eigenvalue weighted by Gasteiger charge is 2.44. The number of halogens is 2. The van der Waals surface area contributed by atoms with E-state index in [1.54, 1.807) is 12.1 Å². The molecule has 6 nitrogen and oxygen atoms in total. The molecule has 4 rings (SSSR count). The third-order valence-corrected chi connectivity index (χ3v) is 5.70. The standard InChI is InChI=1S/C24H21ClFNO5/c1-3-4-9-27-20(13-5-7-16(26)8-6-13)19(22(29)24(27)30)21(28)17-11-14-10-15(25)12-18(31-2)23(14)32-17/h5-8,10-12,20,29H,3-4,9H2,1-2H3. The van der Waals surface area contributed by atoms with Crippen molar-refractivity contribution in [3.05, 3.63) is 76.0 Å². The number of hydrogen-bond acceptors (Lipinski definition) is 5. The fraction of sp³-hybridized carbons (Fsp3) is 0.250. The molecule has 0 bridgehead atoms. The Labute approximate surface area is 188 Å². The maximum atomic E-state index is 13.5. The van der Waals surface area contributed by atoms with Crippen molar-refractivity contribution in [2.45, 2.75) is 25.8 Å². The van der Waals surface area contributed by atoms with Crippen molar-refractivity contribution in [1.82, 2.24) is 4.90 Å². The summed E-state index contributed by atoms with van der Waals surface area (Å²) < 4.78 is 24.6. The molecule has 32 heavy (non-hydrogen) atoms. The lowest BCUT2D eigenvalue weighted by atomic mass is 9.95. The molecular weight excluding hydrogens is 437 g/mol. The summed E-state index contributed by atoms with van der Waals surface area (Å²) in [7, 11) is 1.45. The number of benzene rings is 2. The highest BCUT2D eigenvalue weighted by atomic mass is 35.5. The van der Waals surface area contributed by atoms with Crippen LogP contribution in [0.25, 0.3) is 11.0 Å². The predicted octanol–water partition coefficient (Wildman–Crippen LogP) is 5.61. The summed E-state index contributed by atoms with van der Waals surface area (Å²) in [6.07, 6.45) is 1.49. The van der Waals surface area contributed by atoms with E-state index in [1.807, 2.05) is 6.92 Å². The van der Waals surface area contributed by atoms with Gasteiger partial charge in [0.05, 0.1) is 18.7 Å². The Morgan fingerprint density at radius 1 is 1.25 bits per heavy atom. The van der Waals surface area contributed by atoms with Crippen LogP contribution in [0.2, 0.25) is 5.02 Å². The SMILES string of the molecule is CCCCN1C(=O)C(O)=C(C(=O)c2cc3cc(Cl)cc(OC)c3o2)C1c1ccc(F)cc1. The Morgan fingerprint density at radius 3 is 2.62 bits per heavy atom. The van der Waals surface area contributed by atoms with Crippen LogP contribution in [0.5, 0.6) is 5.75 Å². The van der Waals surface area contributed by atoms with Crippen molar-refractivity contribution in [2.24, 2.45) is 0 Å². The first-order chi connectivity index (χ1) is 15.3. The quantitative estimate of drug-likeness (QED) is 0.466. The van der Waals surface area contributed by atoms with Gasteiger partial charge >= 0.3 is 0 Å². The van der Waals surface area contributed by atoms with Gasteiger partial charge < -0.3 is 19.2 Å². The van der Waals surface area contributed by atoms with Gasteiger partial charge in [0.2, 0.25) is 5.78 Å². The molecule has 1 atom stereocenters. The van der Waals surface area contributed by atoms with E-state index in [0.717, 1.165) is 6.42 Å². The minimum Gasteiger partial charge on any atom is -0.503 e. The number of furan rings is 1. The normalized spacial score (nSPS) is 16.3. The Kier molecular flexibility index (Phi) is 5.93. The van der Waals surface area contributed by atoms with Crippen LogP contribution in [-0.2, 0) is 4.79 Å². The second kappa shape index (κ2) is 8.67. The average Bonchev–Trinajstić information content (AvgIpc) is 3.31. The zero-order valence-electron chi connectivity index (χ0n) is 17.5. The lowest BCUT2D eigenvalue weighted by molar-refractivity contribution is -0.129. The fourth-order valence-corrected chi connectivity index (χ4v) is 4.14. The first kappa shape index (κ1) is 21.9. The molecule has 1 N–H and O–H groups in total. The van der Waals surface area contributed by atoms with Gasteiger partial charge in [0.25, 0.3) is 5.91 Å². The van der Waals surface area contributed by atoms with E-state index < -0.39 is 29.3 Å². The van der Waals surface area contributed by atoms with Crippen LogP contribution in [0.3, 0.4) is 0 Å². The summed E-state index contributed by atoms with van der Waals surface area (Å²) in [5.41, 5.74) is 0.729. The molecule has 0 fully saturated rings. The number of rotatable bonds is 7. The number of ether oxygens (including phenoxy) is 1. The van der Waals surface area contributed by atoms with Gasteiger partial charge in [-0.2, -0.15) is 0 Å². The highest BCUT2D eigenvalue weighted by molar-refractivity contribution is 6.31. The van der Waals surface area contributed by atoms with Gasteiger partial charge in [0.15, 0.2) is 22.9 Å². The van der Waals surface area contributed by atoms with E-state index in [4.69, 9.17) is 20.8 Å². The minimum atomic E-state index is -0.860. The second-order valence-corrected chi connectivity index (χ2v) is 7.97. The van der Waals surface area contributed by atoms with Gasteiger partial charge in [0.1, 0.15) is 5.82 Å². The molecule has 1 aromatic heterocycles. The molecule has 1 aliphatic rings. The number of nitrogens with zero attached hydrogens (tertiary/aromatic N) is 1. The molecule has 8 heteroatoms. The number of carbonyl (C=O) groups excluding carboxylic acids is 2. The van der Waals surface area contributed by atoms with Crippen LogP contribution >= 0.6 is 11.6 Å². The van der Waals surface area contributed by atoms with Crippen molar-refractivity contribution >= 4 is 34.3 Å². The van der Waals surface area contributed by atoms with Gasteiger partial charge in [-0.3, -0.25) is 9.59 Å². The summed E-state index contributed by atoms with van der Waals surface area (Å²) in [5.74, 6) is -2.08. The van der Waals surface area contributed by atoms with Gasteiger partial charge in [-0.1, -0.05) is 37.1 Å². The van der Waals surface area contributed by atoms with Crippen molar-refractivity contribution in [1.29, 1.82) is 0 Å². The summed E-state index contributed by atoms with van der Waals surface area (Å²) >= 11 is 6.11. The minimum absolute atomic E-state index is 0.0700. The number of aliphatic hydroxyl groups is 1. The number of aliphatic hydroxyl groups excluding tert-OH is 1. The molecule has 1 amide bonds. The van der Waals surface area contributed by atoms with Gasteiger partial charge in [0, 0.05) is 23.0 Å². The lowest BCUT2D eigenvalue weighted by Gasteiger charge is -2.26. The van der Waals surface area contributed by atoms with Gasteiger partial charge in [-0.25, -0.2) is 4.39 Å². The Balaban J connectivity index is 1.82. The number of ketones is 1. The maximum Gasteiger partial charge on any atom is 0.290 e. The van der Waals surface area contributed by atoms with Crippen LogP contribution in [-0.4, -0.2) is 35.4 Å². The summed E-state index contributed by atoms with van der Waals surface area (Å²) in [5, 5.41) is 11.6. The predicted molar refractivity (Wildman–Crippen MR) is 118 cm³/mol. The Hall–Kier alpha value is -3.32. The molecule has 0 saturated carbocycles. The second-order valence-electron chi connectivity index (χ2n) is 7.53. The smallest absolute Gasteiger partial charge is 0.290 e. The summed E-state index contributed by atoms with van der Waals surface area (Å²) in [6, 6.07) is 9.32. The summed E-state index contributed by atoms with van der Waals surface area (Å²) in [4.78, 5) is 27.8. The molecule has 2 aromatic carbocycles. The zero-order valence-corrected chi connectivity index (χ0v) is 18.3. The molecule has 166 valence electrons. The van der Waals surface area contributed by atoms with Gasteiger partial charge in [-0.15, -0.1) is 0 Å². The summed E-state index contributed by atoms with van der Waals surface area (Å²) in [6.45, 7) is 2.31. The van der Waals surface area contributed by atoms with Crippen LogP contribution in [0.1, 0.15) is 41.9 Å². The van der Waals surface area contributed by atoms with E-state index in [1.165, 1.54) is 42.3 Å². The highest BCUT2D eigenvalue weighted by Crippen LogP contribution is 2.40. The Bertz CT molecular complexity index is 1230. The largest absolute Gasteiger partial charge is 0.503 e. The lowest BCUT2D eigenvalue weighted by Crippen LogP contribution is -2.32. The molecule has 3 aromatic rings. The van der Waals surface area contributed by atoms with Crippen LogP contribution in [0, 0.1) is 5.82 Å². The number of unbranched alkanes of at least 4 members (excludes halogenated alkanes) is 1. The topological polar surface area (TPSA) is 80.0 Å². The molecule has 0 radical (unpaired) electrons.